The van der Waals surface area contributed by atoms with E-state index in [0.29, 0.717) is 10.6 Å². The Kier molecular flexibility index (Phi) is 7.34. The summed E-state index contributed by atoms with van der Waals surface area (Å²) in [6, 6.07) is 18.4. The van der Waals surface area contributed by atoms with Crippen molar-refractivity contribution in [2.75, 3.05) is 18.5 Å². The summed E-state index contributed by atoms with van der Waals surface area (Å²) >= 11 is 1.34. The van der Waals surface area contributed by atoms with Gasteiger partial charge < -0.3 is 15.4 Å². The van der Waals surface area contributed by atoms with Crippen molar-refractivity contribution in [2.24, 2.45) is 0 Å². The lowest BCUT2D eigenvalue weighted by atomic mass is 10.0. The number of carbonyl (C=O) groups is 3. The lowest BCUT2D eigenvalue weighted by Crippen LogP contribution is -2.27. The maximum atomic E-state index is 12.4. The third-order valence-electron chi connectivity index (χ3n) is 4.28. The van der Waals surface area contributed by atoms with E-state index in [1.807, 2.05) is 41.8 Å². The van der Waals surface area contributed by atoms with Crippen LogP contribution in [0.2, 0.25) is 0 Å². The van der Waals surface area contributed by atoms with Gasteiger partial charge in [0.15, 0.2) is 0 Å². The summed E-state index contributed by atoms with van der Waals surface area (Å²) in [5.74, 6) is -1.02. The second-order valence-electron chi connectivity index (χ2n) is 6.38. The van der Waals surface area contributed by atoms with Crippen LogP contribution >= 0.6 is 11.3 Å². The first-order valence-corrected chi connectivity index (χ1v) is 10.4. The van der Waals surface area contributed by atoms with Crippen LogP contribution in [0.25, 0.3) is 11.1 Å². The van der Waals surface area contributed by atoms with E-state index in [2.05, 4.69) is 10.6 Å². The number of nitrogens with one attached hydrogen (secondary N) is 2. The smallest absolute Gasteiger partial charge is 0.340 e. The number of rotatable bonds is 8. The molecule has 6 nitrogen and oxygen atoms in total. The van der Waals surface area contributed by atoms with E-state index in [9.17, 15) is 14.4 Å². The Morgan fingerprint density at radius 3 is 2.47 bits per heavy atom. The van der Waals surface area contributed by atoms with Crippen LogP contribution in [0.3, 0.4) is 0 Å². The second kappa shape index (κ2) is 10.4. The number of hydrogen-bond acceptors (Lipinski definition) is 5. The van der Waals surface area contributed by atoms with Crippen LogP contribution in [0, 0.1) is 0 Å². The molecule has 0 bridgehead atoms. The highest BCUT2D eigenvalue weighted by molar-refractivity contribution is 7.12. The minimum absolute atomic E-state index is 0.0832. The fraction of sp³-hybridized carbons (Fsp3) is 0.174. The van der Waals surface area contributed by atoms with Gasteiger partial charge in [-0.05, 0) is 41.6 Å². The first-order chi connectivity index (χ1) is 14.6. The van der Waals surface area contributed by atoms with Gasteiger partial charge in [-0.25, -0.2) is 4.79 Å². The molecule has 0 aliphatic carbocycles. The molecular weight excluding hydrogens is 400 g/mol. The normalized spacial score (nSPS) is 10.3. The molecule has 2 N–H and O–H groups in total. The third kappa shape index (κ3) is 5.55. The van der Waals surface area contributed by atoms with Crippen molar-refractivity contribution in [1.82, 2.24) is 5.32 Å². The maximum absolute atomic E-state index is 12.4. The van der Waals surface area contributed by atoms with Crippen molar-refractivity contribution >= 4 is 34.8 Å². The topological polar surface area (TPSA) is 84.5 Å². The number of amides is 2. The Morgan fingerprint density at radius 1 is 0.967 bits per heavy atom. The van der Waals surface area contributed by atoms with Gasteiger partial charge in [-0.1, -0.05) is 42.5 Å². The lowest BCUT2D eigenvalue weighted by molar-refractivity contribution is -0.116. The van der Waals surface area contributed by atoms with E-state index < -0.39 is 5.97 Å². The number of carbonyl (C=O) groups excluding carboxylic acids is 3. The minimum Gasteiger partial charge on any atom is -0.462 e. The molecule has 7 heteroatoms. The molecule has 0 saturated heterocycles. The lowest BCUT2D eigenvalue weighted by Gasteiger charge is -2.13. The number of benzene rings is 2. The number of hydrogen-bond donors (Lipinski definition) is 2. The van der Waals surface area contributed by atoms with E-state index in [4.69, 9.17) is 4.74 Å². The second-order valence-corrected chi connectivity index (χ2v) is 7.33. The molecule has 3 rings (SSSR count). The number of ether oxygens (including phenoxy) is 1. The average Bonchev–Trinajstić information content (AvgIpc) is 3.30. The van der Waals surface area contributed by atoms with Crippen molar-refractivity contribution in [3.05, 3.63) is 76.5 Å². The van der Waals surface area contributed by atoms with Crippen LogP contribution in [0.4, 0.5) is 5.69 Å². The monoisotopic (exact) mass is 422 g/mol. The van der Waals surface area contributed by atoms with Crippen LogP contribution in [0.15, 0.2) is 66.0 Å². The molecule has 2 amide bonds. The zero-order chi connectivity index (χ0) is 21.3. The third-order valence-corrected chi connectivity index (χ3v) is 5.15. The van der Waals surface area contributed by atoms with Crippen LogP contribution in [0.5, 0.6) is 0 Å². The van der Waals surface area contributed by atoms with Gasteiger partial charge in [-0.3, -0.25) is 9.59 Å². The minimum atomic E-state index is -0.503. The van der Waals surface area contributed by atoms with E-state index >= 15 is 0 Å². The molecule has 0 spiro atoms. The fourth-order valence-corrected chi connectivity index (χ4v) is 3.48. The molecule has 0 fully saturated rings. The molecule has 1 aromatic heterocycles. The zero-order valence-corrected chi connectivity index (χ0v) is 17.3. The molecular formula is C23H22N2O4S. The van der Waals surface area contributed by atoms with Gasteiger partial charge in [0.25, 0.3) is 5.91 Å². The van der Waals surface area contributed by atoms with Crippen molar-refractivity contribution in [1.29, 1.82) is 0 Å². The van der Waals surface area contributed by atoms with E-state index in [1.165, 1.54) is 11.3 Å². The standard InChI is InChI=1S/C23H22N2O4S/c1-2-29-23(28)18-15-17(16-7-4-3-5-8-16)10-11-19(18)25-21(26)12-13-24-22(27)20-9-6-14-30-20/h3-11,14-15H,2,12-13H2,1H3,(H,24,27)(H,25,26). The SMILES string of the molecule is CCOC(=O)c1cc(-c2ccccc2)ccc1NC(=O)CCNC(=O)c1cccs1. The molecule has 3 aromatic rings. The molecule has 0 radical (unpaired) electrons. The average molecular weight is 423 g/mol. The molecule has 1 heterocycles. The molecule has 0 aliphatic rings. The Hall–Kier alpha value is -3.45. The number of thiophene rings is 1. The molecule has 0 aliphatic heterocycles. The van der Waals surface area contributed by atoms with Gasteiger partial charge in [-0.2, -0.15) is 0 Å². The molecule has 0 unspecified atom stereocenters. The van der Waals surface area contributed by atoms with Crippen LogP contribution < -0.4 is 10.6 Å². The van der Waals surface area contributed by atoms with E-state index in [0.717, 1.165) is 11.1 Å². The first-order valence-electron chi connectivity index (χ1n) is 9.56. The molecule has 154 valence electrons. The molecule has 30 heavy (non-hydrogen) atoms. The van der Waals surface area contributed by atoms with Crippen LogP contribution in [0.1, 0.15) is 33.4 Å². The fourth-order valence-electron chi connectivity index (χ4n) is 2.84. The largest absolute Gasteiger partial charge is 0.462 e. The summed E-state index contributed by atoms with van der Waals surface area (Å²) in [4.78, 5) is 37.3. The van der Waals surface area contributed by atoms with Gasteiger partial charge in [0.2, 0.25) is 5.91 Å². The summed E-state index contributed by atoms with van der Waals surface area (Å²) in [5, 5.41) is 7.27. The number of esters is 1. The van der Waals surface area contributed by atoms with Crippen molar-refractivity contribution < 1.29 is 19.1 Å². The highest BCUT2D eigenvalue weighted by atomic mass is 32.1. The van der Waals surface area contributed by atoms with Gasteiger partial charge in [0.05, 0.1) is 22.7 Å². The zero-order valence-electron chi connectivity index (χ0n) is 16.5. The maximum Gasteiger partial charge on any atom is 0.340 e. The quantitative estimate of drug-likeness (QED) is 0.529. The Morgan fingerprint density at radius 2 is 1.77 bits per heavy atom. The van der Waals surface area contributed by atoms with Crippen molar-refractivity contribution in [2.45, 2.75) is 13.3 Å². The molecule has 0 saturated carbocycles. The van der Waals surface area contributed by atoms with Crippen LogP contribution in [-0.2, 0) is 9.53 Å². The van der Waals surface area contributed by atoms with E-state index in [1.54, 1.807) is 31.2 Å². The summed E-state index contributed by atoms with van der Waals surface area (Å²) < 4.78 is 5.15. The summed E-state index contributed by atoms with van der Waals surface area (Å²) in [7, 11) is 0. The Balaban J connectivity index is 1.68. The molecule has 2 aromatic carbocycles. The molecule has 0 atom stereocenters. The van der Waals surface area contributed by atoms with Crippen LogP contribution in [-0.4, -0.2) is 30.9 Å². The van der Waals surface area contributed by atoms with E-state index in [-0.39, 0.29) is 37.0 Å². The van der Waals surface area contributed by atoms with Crippen molar-refractivity contribution in [3.63, 3.8) is 0 Å². The predicted octanol–water partition coefficient (Wildman–Crippen LogP) is 4.35. The Labute approximate surface area is 178 Å². The summed E-state index contributed by atoms with van der Waals surface area (Å²) in [5.41, 5.74) is 2.47. The summed E-state index contributed by atoms with van der Waals surface area (Å²) in [6.07, 6.45) is 0.0832. The highest BCUT2D eigenvalue weighted by Gasteiger charge is 2.16. The Bertz CT molecular complexity index is 1020. The van der Waals surface area contributed by atoms with Gasteiger partial charge in [-0.15, -0.1) is 11.3 Å². The van der Waals surface area contributed by atoms with Gasteiger partial charge >= 0.3 is 5.97 Å². The number of anilines is 1. The van der Waals surface area contributed by atoms with Gasteiger partial charge in [0.1, 0.15) is 0 Å². The first kappa shape index (κ1) is 21.3. The van der Waals surface area contributed by atoms with Crippen molar-refractivity contribution in [3.8, 4) is 11.1 Å². The highest BCUT2D eigenvalue weighted by Crippen LogP contribution is 2.26. The van der Waals surface area contributed by atoms with Gasteiger partial charge in [0, 0.05) is 13.0 Å². The predicted molar refractivity (Wildman–Crippen MR) is 118 cm³/mol. The summed E-state index contributed by atoms with van der Waals surface area (Å²) in [6.45, 7) is 2.16.